The summed E-state index contributed by atoms with van der Waals surface area (Å²) >= 11 is 0. The summed E-state index contributed by atoms with van der Waals surface area (Å²) in [5.41, 5.74) is 0. The lowest BCUT2D eigenvalue weighted by atomic mass is 10.0. The van der Waals surface area contributed by atoms with Crippen LogP contribution in [-0.4, -0.2) is 43.4 Å². The third-order valence-corrected chi connectivity index (χ3v) is 3.21. The standard InChI is InChI=1S/C15H27NO3/c1-13(4-7-17)10-16(11-14(2)5-8-18)12-15(3)6-9-19/h7-9,13-15H,4-6,10-12H2,1-3H3. The van der Waals surface area contributed by atoms with Gasteiger partial charge >= 0.3 is 0 Å². The smallest absolute Gasteiger partial charge is 0.120 e. The van der Waals surface area contributed by atoms with Gasteiger partial charge in [0, 0.05) is 38.9 Å². The normalized spacial score (nSPS) is 15.8. The Bertz CT molecular complexity index is 225. The molecule has 3 atom stereocenters. The Hall–Kier alpha value is -1.03. The highest BCUT2D eigenvalue weighted by molar-refractivity contribution is 5.50. The molecule has 110 valence electrons. The van der Waals surface area contributed by atoms with E-state index in [-0.39, 0.29) is 0 Å². The predicted octanol–water partition coefficient (Wildman–Crippen LogP) is 1.96. The predicted molar refractivity (Wildman–Crippen MR) is 76.0 cm³/mol. The lowest BCUT2D eigenvalue weighted by Crippen LogP contribution is -2.36. The van der Waals surface area contributed by atoms with E-state index in [4.69, 9.17) is 0 Å². The van der Waals surface area contributed by atoms with Crippen LogP contribution < -0.4 is 0 Å². The molecule has 0 saturated heterocycles. The van der Waals surface area contributed by atoms with Crippen LogP contribution >= 0.6 is 0 Å². The summed E-state index contributed by atoms with van der Waals surface area (Å²) in [6, 6.07) is 0. The molecule has 0 spiro atoms. The molecule has 4 nitrogen and oxygen atoms in total. The van der Waals surface area contributed by atoms with Crippen molar-refractivity contribution in [2.75, 3.05) is 19.6 Å². The van der Waals surface area contributed by atoms with Gasteiger partial charge in [0.1, 0.15) is 18.9 Å². The van der Waals surface area contributed by atoms with Crippen LogP contribution in [-0.2, 0) is 14.4 Å². The van der Waals surface area contributed by atoms with E-state index in [1.807, 2.05) is 0 Å². The van der Waals surface area contributed by atoms with Crippen molar-refractivity contribution in [2.24, 2.45) is 17.8 Å². The Morgan fingerprint density at radius 2 is 0.947 bits per heavy atom. The zero-order chi connectivity index (χ0) is 14.7. The Labute approximate surface area is 116 Å². The maximum absolute atomic E-state index is 10.5. The minimum Gasteiger partial charge on any atom is -0.303 e. The van der Waals surface area contributed by atoms with Crippen LogP contribution in [0.1, 0.15) is 40.0 Å². The number of carbonyl (C=O) groups is 3. The molecule has 0 aliphatic heterocycles. The molecule has 3 unspecified atom stereocenters. The lowest BCUT2D eigenvalue weighted by molar-refractivity contribution is -0.109. The van der Waals surface area contributed by atoms with E-state index >= 15 is 0 Å². The van der Waals surface area contributed by atoms with Gasteiger partial charge in [-0.05, 0) is 17.8 Å². The van der Waals surface area contributed by atoms with Crippen molar-refractivity contribution in [3.63, 3.8) is 0 Å². The fraction of sp³-hybridized carbons (Fsp3) is 0.800. The average molecular weight is 269 g/mol. The summed E-state index contributed by atoms with van der Waals surface area (Å²) in [4.78, 5) is 33.9. The van der Waals surface area contributed by atoms with Crippen LogP contribution in [0.25, 0.3) is 0 Å². The maximum atomic E-state index is 10.5. The van der Waals surface area contributed by atoms with Gasteiger partial charge < -0.3 is 19.3 Å². The summed E-state index contributed by atoms with van der Waals surface area (Å²) in [6.45, 7) is 8.67. The molecule has 0 aromatic rings. The van der Waals surface area contributed by atoms with Crippen molar-refractivity contribution in [3.05, 3.63) is 0 Å². The van der Waals surface area contributed by atoms with Gasteiger partial charge in [-0.15, -0.1) is 0 Å². The third kappa shape index (κ3) is 9.54. The van der Waals surface area contributed by atoms with Gasteiger partial charge in [0.15, 0.2) is 0 Å². The molecule has 0 bridgehead atoms. The van der Waals surface area contributed by atoms with E-state index < -0.39 is 0 Å². The van der Waals surface area contributed by atoms with Crippen LogP contribution in [0.3, 0.4) is 0 Å². The van der Waals surface area contributed by atoms with Gasteiger partial charge in [-0.3, -0.25) is 0 Å². The molecule has 0 heterocycles. The lowest BCUT2D eigenvalue weighted by Gasteiger charge is -2.29. The molecule has 0 N–H and O–H groups in total. The Morgan fingerprint density at radius 3 is 1.16 bits per heavy atom. The van der Waals surface area contributed by atoms with Crippen molar-refractivity contribution >= 4 is 18.9 Å². The molecule has 0 aliphatic carbocycles. The quantitative estimate of drug-likeness (QED) is 0.508. The first kappa shape index (κ1) is 18.0. The van der Waals surface area contributed by atoms with Gasteiger partial charge in [-0.25, -0.2) is 0 Å². The van der Waals surface area contributed by atoms with Crippen LogP contribution in [0.5, 0.6) is 0 Å². The molecule has 19 heavy (non-hydrogen) atoms. The molecule has 0 fully saturated rings. The highest BCUT2D eigenvalue weighted by atomic mass is 16.1. The van der Waals surface area contributed by atoms with Gasteiger partial charge in [0.25, 0.3) is 0 Å². The van der Waals surface area contributed by atoms with E-state index in [1.54, 1.807) is 0 Å². The third-order valence-electron chi connectivity index (χ3n) is 3.21. The summed E-state index contributed by atoms with van der Waals surface area (Å²) in [5, 5.41) is 0. The van der Waals surface area contributed by atoms with Crippen molar-refractivity contribution < 1.29 is 14.4 Å². The van der Waals surface area contributed by atoms with E-state index in [0.717, 1.165) is 38.5 Å². The molecule has 0 radical (unpaired) electrons. The van der Waals surface area contributed by atoms with E-state index in [2.05, 4.69) is 25.7 Å². The van der Waals surface area contributed by atoms with E-state index in [9.17, 15) is 14.4 Å². The molecule has 4 heteroatoms. The summed E-state index contributed by atoms with van der Waals surface area (Å²) in [7, 11) is 0. The van der Waals surface area contributed by atoms with E-state index in [1.165, 1.54) is 0 Å². The monoisotopic (exact) mass is 269 g/mol. The fourth-order valence-electron chi connectivity index (χ4n) is 2.26. The fourth-order valence-corrected chi connectivity index (χ4v) is 2.26. The van der Waals surface area contributed by atoms with Gasteiger partial charge in [-0.2, -0.15) is 0 Å². The highest BCUT2D eigenvalue weighted by Crippen LogP contribution is 2.12. The van der Waals surface area contributed by atoms with Crippen molar-refractivity contribution in [2.45, 2.75) is 40.0 Å². The van der Waals surface area contributed by atoms with Gasteiger partial charge in [0.2, 0.25) is 0 Å². The second-order valence-corrected chi connectivity index (χ2v) is 5.74. The SMILES string of the molecule is CC(CC=O)CN(CC(C)CC=O)CC(C)CC=O. The number of nitrogens with zero attached hydrogens (tertiary/aromatic N) is 1. The molecule has 0 amide bonds. The van der Waals surface area contributed by atoms with E-state index in [0.29, 0.717) is 37.0 Å². The van der Waals surface area contributed by atoms with Crippen molar-refractivity contribution in [1.82, 2.24) is 4.90 Å². The number of hydrogen-bond donors (Lipinski definition) is 0. The Balaban J connectivity index is 4.39. The molecule has 0 aliphatic rings. The Kier molecular flexibility index (Phi) is 10.3. The van der Waals surface area contributed by atoms with Crippen LogP contribution in [0, 0.1) is 17.8 Å². The number of rotatable bonds is 12. The highest BCUT2D eigenvalue weighted by Gasteiger charge is 2.16. The molecule has 0 rings (SSSR count). The topological polar surface area (TPSA) is 54.5 Å². The van der Waals surface area contributed by atoms with Gasteiger partial charge in [-0.1, -0.05) is 20.8 Å². The zero-order valence-corrected chi connectivity index (χ0v) is 12.4. The molecular formula is C15H27NO3. The first-order valence-electron chi connectivity index (χ1n) is 7.06. The summed E-state index contributed by atoms with van der Waals surface area (Å²) in [6.07, 6.45) is 4.52. The molecular weight excluding hydrogens is 242 g/mol. The number of hydrogen-bond acceptors (Lipinski definition) is 4. The number of carbonyl (C=O) groups excluding carboxylic acids is 3. The van der Waals surface area contributed by atoms with Crippen LogP contribution in [0.4, 0.5) is 0 Å². The van der Waals surface area contributed by atoms with Crippen molar-refractivity contribution in [3.8, 4) is 0 Å². The second kappa shape index (κ2) is 10.9. The second-order valence-electron chi connectivity index (χ2n) is 5.74. The van der Waals surface area contributed by atoms with Crippen LogP contribution in [0.2, 0.25) is 0 Å². The van der Waals surface area contributed by atoms with Crippen molar-refractivity contribution in [1.29, 1.82) is 0 Å². The number of aldehydes is 3. The first-order valence-corrected chi connectivity index (χ1v) is 7.06. The average Bonchev–Trinajstić information content (AvgIpc) is 2.29. The Morgan fingerprint density at radius 1 is 0.684 bits per heavy atom. The minimum absolute atomic E-state index is 0.310. The van der Waals surface area contributed by atoms with Crippen LogP contribution in [0.15, 0.2) is 0 Å². The maximum Gasteiger partial charge on any atom is 0.120 e. The summed E-state index contributed by atoms with van der Waals surface area (Å²) < 4.78 is 0. The molecule has 0 aromatic heterocycles. The summed E-state index contributed by atoms with van der Waals surface area (Å²) in [5.74, 6) is 0.929. The van der Waals surface area contributed by atoms with Gasteiger partial charge in [0.05, 0.1) is 0 Å². The minimum atomic E-state index is 0.310. The first-order chi connectivity index (χ1) is 9.03. The molecule has 0 saturated carbocycles. The largest absolute Gasteiger partial charge is 0.303 e. The molecule has 0 aromatic carbocycles. The zero-order valence-electron chi connectivity index (χ0n) is 12.4.